The second-order valence-electron chi connectivity index (χ2n) is 11.0. The molecular weight excluding hydrogens is 542 g/mol. The van der Waals surface area contributed by atoms with Crippen molar-refractivity contribution >= 4 is 28.5 Å². The number of aryl methyl sites for hydroxylation is 4. The molecule has 10 heteroatoms. The van der Waals surface area contributed by atoms with Crippen molar-refractivity contribution in [2.75, 3.05) is 37.6 Å². The molecule has 0 spiro atoms. The van der Waals surface area contributed by atoms with Gasteiger partial charge in [0.05, 0.1) is 29.3 Å². The molecule has 1 saturated heterocycles. The van der Waals surface area contributed by atoms with Gasteiger partial charge in [-0.1, -0.05) is 47.1 Å². The highest BCUT2D eigenvalue weighted by Crippen LogP contribution is 2.35. The second-order valence-corrected chi connectivity index (χ2v) is 11.0. The molecule has 1 N–H and O–H groups in total. The van der Waals surface area contributed by atoms with Crippen molar-refractivity contribution in [3.8, 4) is 11.3 Å². The fraction of sp³-hybridized carbons (Fsp3) is 0.303. The molecule has 2 aromatic carbocycles. The van der Waals surface area contributed by atoms with E-state index in [1.165, 1.54) is 6.20 Å². The summed E-state index contributed by atoms with van der Waals surface area (Å²) in [5.74, 6) is 1.21. The number of nitrogens with one attached hydrogen (secondary N) is 1. The van der Waals surface area contributed by atoms with E-state index in [1.807, 2.05) is 44.0 Å². The molecule has 0 atom stereocenters. The van der Waals surface area contributed by atoms with Crippen LogP contribution in [0.25, 0.3) is 22.2 Å². The first-order valence-electron chi connectivity index (χ1n) is 14.5. The predicted molar refractivity (Wildman–Crippen MR) is 165 cm³/mol. The van der Waals surface area contributed by atoms with Gasteiger partial charge in [-0.3, -0.25) is 9.59 Å². The lowest BCUT2D eigenvalue weighted by Gasteiger charge is -2.35. The lowest BCUT2D eigenvalue weighted by Crippen LogP contribution is -2.49. The van der Waals surface area contributed by atoms with Gasteiger partial charge in [0.15, 0.2) is 0 Å². The Morgan fingerprint density at radius 1 is 0.953 bits per heavy atom. The number of benzene rings is 2. The molecule has 0 radical (unpaired) electrons. The van der Waals surface area contributed by atoms with Crippen LogP contribution in [0.5, 0.6) is 0 Å². The van der Waals surface area contributed by atoms with Crippen molar-refractivity contribution in [3.05, 3.63) is 94.8 Å². The predicted octanol–water partition coefficient (Wildman–Crippen LogP) is 4.48. The fourth-order valence-electron chi connectivity index (χ4n) is 5.86. The lowest BCUT2D eigenvalue weighted by molar-refractivity contribution is 0.0748. The monoisotopic (exact) mass is 577 g/mol. The number of carbonyl (C=O) groups is 2. The average Bonchev–Trinajstić information content (AvgIpc) is 3.51. The summed E-state index contributed by atoms with van der Waals surface area (Å²) in [4.78, 5) is 39.6. The van der Waals surface area contributed by atoms with E-state index in [0.717, 1.165) is 50.3 Å². The molecule has 3 aromatic heterocycles. The van der Waals surface area contributed by atoms with E-state index in [0.29, 0.717) is 45.0 Å². The van der Waals surface area contributed by atoms with E-state index in [4.69, 9.17) is 4.52 Å². The van der Waals surface area contributed by atoms with Crippen LogP contribution >= 0.6 is 0 Å². The summed E-state index contributed by atoms with van der Waals surface area (Å²) in [6.45, 7) is 8.61. The highest BCUT2D eigenvalue weighted by Gasteiger charge is 2.29. The second kappa shape index (κ2) is 11.7. The van der Waals surface area contributed by atoms with Gasteiger partial charge in [0, 0.05) is 56.2 Å². The van der Waals surface area contributed by atoms with Crippen LogP contribution in [0.2, 0.25) is 0 Å². The van der Waals surface area contributed by atoms with E-state index in [2.05, 4.69) is 67.2 Å². The number of rotatable bonds is 7. The van der Waals surface area contributed by atoms with Crippen molar-refractivity contribution in [3.63, 3.8) is 0 Å². The quantitative estimate of drug-likeness (QED) is 0.304. The maximum atomic E-state index is 14.1. The number of piperazine rings is 1. The number of hydrogen-bond donors (Lipinski definition) is 1. The molecule has 2 amide bonds. The standard InChI is InChI=1S/C33H35N7O3/c1-21-10-11-28-26(18-21)30(31(38(28)4)24-8-6-5-7-9-24)33(42)40-16-14-39(15-17-40)29-20-35-27(19-36-29)32(41)34-13-12-25-22(2)37-43-23(25)3/h5-11,18-20H,12-17H2,1-4H3,(H,34,41). The maximum Gasteiger partial charge on any atom is 0.271 e. The molecular formula is C33H35N7O3. The summed E-state index contributed by atoms with van der Waals surface area (Å²) in [6, 6.07) is 16.4. The minimum atomic E-state index is -0.277. The summed E-state index contributed by atoms with van der Waals surface area (Å²) in [6.07, 6.45) is 3.76. The summed E-state index contributed by atoms with van der Waals surface area (Å²) in [5.41, 5.74) is 6.94. The zero-order valence-corrected chi connectivity index (χ0v) is 24.9. The van der Waals surface area contributed by atoms with Crippen molar-refractivity contribution in [2.45, 2.75) is 27.2 Å². The number of hydrogen-bond acceptors (Lipinski definition) is 7. The Morgan fingerprint density at radius 3 is 2.40 bits per heavy atom. The SMILES string of the molecule is Cc1ccc2c(c1)c(C(=O)N1CCN(c3cnc(C(=O)NCCc4c(C)noc4C)cn3)CC1)c(-c1ccccc1)n2C. The molecule has 220 valence electrons. The lowest BCUT2D eigenvalue weighted by atomic mass is 10.0. The van der Waals surface area contributed by atoms with Crippen molar-refractivity contribution in [2.24, 2.45) is 7.05 Å². The Kier molecular flexibility index (Phi) is 7.67. The van der Waals surface area contributed by atoms with Gasteiger partial charge in [-0.2, -0.15) is 0 Å². The molecule has 1 aliphatic heterocycles. The summed E-state index contributed by atoms with van der Waals surface area (Å²) < 4.78 is 7.31. The molecule has 0 saturated carbocycles. The smallest absolute Gasteiger partial charge is 0.271 e. The molecule has 4 heterocycles. The van der Waals surface area contributed by atoms with E-state index in [-0.39, 0.29) is 17.5 Å². The molecule has 1 aliphatic rings. The van der Waals surface area contributed by atoms with Gasteiger partial charge < -0.3 is 24.2 Å². The third kappa shape index (κ3) is 5.48. The largest absolute Gasteiger partial charge is 0.361 e. The van der Waals surface area contributed by atoms with Gasteiger partial charge >= 0.3 is 0 Å². The maximum absolute atomic E-state index is 14.1. The number of carbonyl (C=O) groups excluding carboxylic acids is 2. The molecule has 0 aliphatic carbocycles. The summed E-state index contributed by atoms with van der Waals surface area (Å²) in [5, 5.41) is 7.81. The van der Waals surface area contributed by atoms with Crippen LogP contribution in [0.15, 0.2) is 65.4 Å². The zero-order chi connectivity index (χ0) is 30.1. The Morgan fingerprint density at radius 2 is 1.72 bits per heavy atom. The van der Waals surface area contributed by atoms with Crippen LogP contribution in [-0.4, -0.2) is 69.1 Å². The highest BCUT2D eigenvalue weighted by molar-refractivity contribution is 6.13. The normalized spacial score (nSPS) is 13.5. The zero-order valence-electron chi connectivity index (χ0n) is 24.9. The summed E-state index contributed by atoms with van der Waals surface area (Å²) >= 11 is 0. The van der Waals surface area contributed by atoms with Crippen molar-refractivity contribution in [1.82, 2.24) is 29.9 Å². The minimum absolute atomic E-state index is 0.0318. The van der Waals surface area contributed by atoms with Crippen LogP contribution in [0.1, 0.15) is 43.4 Å². The van der Waals surface area contributed by atoms with Gasteiger partial charge in [-0.15, -0.1) is 0 Å². The van der Waals surface area contributed by atoms with Crippen LogP contribution in [-0.2, 0) is 13.5 Å². The number of aromatic nitrogens is 4. The minimum Gasteiger partial charge on any atom is -0.361 e. The molecule has 6 rings (SSSR count). The first kappa shape index (κ1) is 28.1. The average molecular weight is 578 g/mol. The Bertz CT molecular complexity index is 1760. The van der Waals surface area contributed by atoms with E-state index in [9.17, 15) is 9.59 Å². The molecule has 43 heavy (non-hydrogen) atoms. The van der Waals surface area contributed by atoms with Crippen LogP contribution < -0.4 is 10.2 Å². The number of fused-ring (bicyclic) bond motifs is 1. The van der Waals surface area contributed by atoms with Crippen molar-refractivity contribution < 1.29 is 14.1 Å². The molecule has 0 unspecified atom stereocenters. The molecule has 1 fully saturated rings. The molecule has 5 aromatic rings. The van der Waals surface area contributed by atoms with Gasteiger partial charge in [0.1, 0.15) is 17.3 Å². The topological polar surface area (TPSA) is 109 Å². The van der Waals surface area contributed by atoms with Gasteiger partial charge in [0.2, 0.25) is 0 Å². The third-order valence-electron chi connectivity index (χ3n) is 8.22. The third-order valence-corrected chi connectivity index (χ3v) is 8.22. The van der Waals surface area contributed by atoms with Gasteiger partial charge in [-0.05, 0) is 44.9 Å². The van der Waals surface area contributed by atoms with E-state index in [1.54, 1.807) is 6.20 Å². The van der Waals surface area contributed by atoms with E-state index >= 15 is 0 Å². The van der Waals surface area contributed by atoms with Crippen LogP contribution in [0.4, 0.5) is 5.82 Å². The molecule has 10 nitrogen and oxygen atoms in total. The van der Waals surface area contributed by atoms with E-state index < -0.39 is 0 Å². The van der Waals surface area contributed by atoms with Gasteiger partial charge in [-0.25, -0.2) is 9.97 Å². The van der Waals surface area contributed by atoms with Crippen LogP contribution in [0.3, 0.4) is 0 Å². The first-order chi connectivity index (χ1) is 20.8. The Balaban J connectivity index is 1.12. The van der Waals surface area contributed by atoms with Crippen molar-refractivity contribution in [1.29, 1.82) is 0 Å². The Hall–Kier alpha value is -4.99. The first-order valence-corrected chi connectivity index (χ1v) is 14.5. The number of anilines is 1. The summed E-state index contributed by atoms with van der Waals surface area (Å²) in [7, 11) is 2.02. The van der Waals surface area contributed by atoms with Crippen LogP contribution in [0, 0.1) is 20.8 Å². The molecule has 0 bridgehead atoms. The number of amides is 2. The number of nitrogens with zero attached hydrogens (tertiary/aromatic N) is 6. The van der Waals surface area contributed by atoms with Gasteiger partial charge in [0.25, 0.3) is 11.8 Å². The highest BCUT2D eigenvalue weighted by atomic mass is 16.5. The Labute approximate surface area is 250 Å². The fourth-order valence-corrected chi connectivity index (χ4v) is 5.86.